The highest BCUT2D eigenvalue weighted by Crippen LogP contribution is 2.18. The number of hydrogen-bond donors (Lipinski definition) is 3. The lowest BCUT2D eigenvalue weighted by Crippen LogP contribution is -2.38. The summed E-state index contributed by atoms with van der Waals surface area (Å²) in [5.41, 5.74) is 2.61. The fraction of sp³-hybridized carbons (Fsp3) is 0.500. The quantitative estimate of drug-likeness (QED) is 0.477. The molecule has 92 valence electrons. The molecule has 0 aliphatic carbocycles. The van der Waals surface area contributed by atoms with E-state index in [1.165, 1.54) is 12.4 Å². The van der Waals surface area contributed by atoms with E-state index in [0.29, 0.717) is 12.4 Å². The summed E-state index contributed by atoms with van der Waals surface area (Å²) in [4.78, 5) is 21.6. The minimum absolute atomic E-state index is 0.0123. The second-order valence-electron chi connectivity index (χ2n) is 3.91. The predicted molar refractivity (Wildman–Crippen MR) is 61.0 cm³/mol. The molecule has 1 aromatic heterocycles. The van der Waals surface area contributed by atoms with Gasteiger partial charge in [0.25, 0.3) is 5.91 Å². The molecule has 1 unspecified atom stereocenters. The largest absolute Gasteiger partial charge is 0.394 e. The van der Waals surface area contributed by atoms with Crippen LogP contribution >= 0.6 is 0 Å². The number of amides is 1. The summed E-state index contributed by atoms with van der Waals surface area (Å²) in [7, 11) is 0. The summed E-state index contributed by atoms with van der Waals surface area (Å²) < 4.78 is 0. The molecule has 1 aliphatic rings. The molecule has 17 heavy (non-hydrogen) atoms. The van der Waals surface area contributed by atoms with Crippen molar-refractivity contribution >= 4 is 11.7 Å². The van der Waals surface area contributed by atoms with Gasteiger partial charge in [0.1, 0.15) is 5.69 Å². The van der Waals surface area contributed by atoms with Crippen LogP contribution in [0.5, 0.6) is 0 Å². The van der Waals surface area contributed by atoms with Crippen molar-refractivity contribution in [2.75, 3.05) is 18.6 Å². The number of aromatic nitrogens is 2. The molecule has 1 saturated heterocycles. The van der Waals surface area contributed by atoms with Crippen LogP contribution in [0.4, 0.5) is 5.82 Å². The standard InChI is InChI=1S/C10H15N5O2/c11-14-9-5-12-8(4-13-9)10(17)15-3-1-2-7(15)6-16/h4-5,7,16H,1-3,6,11H2,(H,13,14). The molecule has 1 aliphatic heterocycles. The molecule has 0 aromatic carbocycles. The molecular weight excluding hydrogens is 222 g/mol. The lowest BCUT2D eigenvalue weighted by atomic mass is 10.2. The summed E-state index contributed by atoms with van der Waals surface area (Å²) in [6, 6.07) is -0.100. The molecule has 1 atom stereocenters. The van der Waals surface area contributed by atoms with E-state index in [-0.39, 0.29) is 24.2 Å². The molecule has 0 spiro atoms. The van der Waals surface area contributed by atoms with Gasteiger partial charge in [-0.3, -0.25) is 4.79 Å². The molecule has 2 heterocycles. The lowest BCUT2D eigenvalue weighted by molar-refractivity contribution is 0.0671. The van der Waals surface area contributed by atoms with E-state index >= 15 is 0 Å². The average Bonchev–Trinajstić information content (AvgIpc) is 2.86. The van der Waals surface area contributed by atoms with Crippen LogP contribution in [0.25, 0.3) is 0 Å². The van der Waals surface area contributed by atoms with Crippen LogP contribution in [0, 0.1) is 0 Å². The van der Waals surface area contributed by atoms with Crippen LogP contribution in [-0.4, -0.2) is 45.1 Å². The molecule has 7 heteroatoms. The van der Waals surface area contributed by atoms with E-state index in [9.17, 15) is 4.79 Å². The minimum atomic E-state index is -0.197. The molecular formula is C10H15N5O2. The van der Waals surface area contributed by atoms with Gasteiger partial charge in [-0.2, -0.15) is 0 Å². The fourth-order valence-electron chi connectivity index (χ4n) is 1.95. The van der Waals surface area contributed by atoms with E-state index in [1.54, 1.807) is 4.90 Å². The zero-order valence-corrected chi connectivity index (χ0v) is 9.33. The van der Waals surface area contributed by atoms with Gasteiger partial charge in [0.15, 0.2) is 5.82 Å². The Morgan fingerprint density at radius 2 is 2.41 bits per heavy atom. The Bertz CT molecular complexity index is 394. The van der Waals surface area contributed by atoms with E-state index in [1.807, 2.05) is 0 Å². The maximum Gasteiger partial charge on any atom is 0.274 e. The minimum Gasteiger partial charge on any atom is -0.394 e. The first-order valence-electron chi connectivity index (χ1n) is 5.46. The topological polar surface area (TPSA) is 104 Å². The zero-order valence-electron chi connectivity index (χ0n) is 9.33. The molecule has 0 saturated carbocycles. The van der Waals surface area contributed by atoms with Crippen molar-refractivity contribution in [3.8, 4) is 0 Å². The summed E-state index contributed by atoms with van der Waals surface area (Å²) in [5, 5.41) is 9.16. The van der Waals surface area contributed by atoms with E-state index in [4.69, 9.17) is 10.9 Å². The van der Waals surface area contributed by atoms with Gasteiger partial charge in [0.05, 0.1) is 25.0 Å². The predicted octanol–water partition coefficient (Wildman–Crippen LogP) is -0.641. The number of hydrazine groups is 1. The number of nitrogen functional groups attached to an aromatic ring is 1. The summed E-state index contributed by atoms with van der Waals surface area (Å²) in [5.74, 6) is 5.37. The first-order chi connectivity index (χ1) is 8.26. The third-order valence-corrected chi connectivity index (χ3v) is 2.87. The summed E-state index contributed by atoms with van der Waals surface area (Å²) in [6.07, 6.45) is 4.52. The Labute approximate surface area is 98.6 Å². The maximum atomic E-state index is 12.1. The number of aliphatic hydroxyl groups excluding tert-OH is 1. The fourth-order valence-corrected chi connectivity index (χ4v) is 1.95. The number of nitrogens with two attached hydrogens (primary N) is 1. The molecule has 0 radical (unpaired) electrons. The molecule has 1 aromatic rings. The van der Waals surface area contributed by atoms with Gasteiger partial charge in [-0.05, 0) is 12.8 Å². The van der Waals surface area contributed by atoms with Crippen molar-refractivity contribution in [1.82, 2.24) is 14.9 Å². The van der Waals surface area contributed by atoms with Crippen LogP contribution in [-0.2, 0) is 0 Å². The second kappa shape index (κ2) is 5.07. The lowest BCUT2D eigenvalue weighted by Gasteiger charge is -2.22. The van der Waals surface area contributed by atoms with Gasteiger partial charge in [0, 0.05) is 6.54 Å². The Morgan fingerprint density at radius 1 is 1.59 bits per heavy atom. The highest BCUT2D eigenvalue weighted by atomic mass is 16.3. The Hall–Kier alpha value is -1.73. The van der Waals surface area contributed by atoms with Crippen LogP contribution in [0.2, 0.25) is 0 Å². The van der Waals surface area contributed by atoms with E-state index in [0.717, 1.165) is 12.8 Å². The van der Waals surface area contributed by atoms with Gasteiger partial charge < -0.3 is 15.4 Å². The Kier molecular flexibility index (Phi) is 3.50. The van der Waals surface area contributed by atoms with E-state index in [2.05, 4.69) is 15.4 Å². The number of hydrogen-bond acceptors (Lipinski definition) is 6. The van der Waals surface area contributed by atoms with Crippen LogP contribution in [0.3, 0.4) is 0 Å². The molecule has 7 nitrogen and oxygen atoms in total. The number of aliphatic hydroxyl groups is 1. The third-order valence-electron chi connectivity index (χ3n) is 2.87. The van der Waals surface area contributed by atoms with Crippen LogP contribution in [0.15, 0.2) is 12.4 Å². The van der Waals surface area contributed by atoms with Crippen molar-refractivity contribution in [1.29, 1.82) is 0 Å². The summed E-state index contributed by atoms with van der Waals surface area (Å²) >= 11 is 0. The zero-order chi connectivity index (χ0) is 12.3. The maximum absolute atomic E-state index is 12.1. The number of carbonyl (C=O) groups excluding carboxylic acids is 1. The molecule has 1 fully saturated rings. The van der Waals surface area contributed by atoms with Crippen molar-refractivity contribution in [2.45, 2.75) is 18.9 Å². The van der Waals surface area contributed by atoms with E-state index < -0.39 is 0 Å². The monoisotopic (exact) mass is 237 g/mol. The number of nitrogens with zero attached hydrogens (tertiary/aromatic N) is 3. The van der Waals surface area contributed by atoms with Crippen molar-refractivity contribution in [3.05, 3.63) is 18.1 Å². The molecule has 2 rings (SSSR count). The first-order valence-corrected chi connectivity index (χ1v) is 5.46. The molecule has 1 amide bonds. The van der Waals surface area contributed by atoms with Crippen molar-refractivity contribution in [2.24, 2.45) is 5.84 Å². The van der Waals surface area contributed by atoms with Gasteiger partial charge in [0.2, 0.25) is 0 Å². The number of anilines is 1. The Morgan fingerprint density at radius 3 is 3.00 bits per heavy atom. The average molecular weight is 237 g/mol. The van der Waals surface area contributed by atoms with Gasteiger partial charge >= 0.3 is 0 Å². The highest BCUT2D eigenvalue weighted by Gasteiger charge is 2.29. The SMILES string of the molecule is NNc1cnc(C(=O)N2CCCC2CO)cn1. The van der Waals surface area contributed by atoms with Crippen LogP contribution in [0.1, 0.15) is 23.3 Å². The molecule has 0 bridgehead atoms. The normalized spacial score (nSPS) is 19.4. The highest BCUT2D eigenvalue weighted by molar-refractivity contribution is 5.92. The van der Waals surface area contributed by atoms with Gasteiger partial charge in [-0.1, -0.05) is 0 Å². The number of nitrogens with one attached hydrogen (secondary N) is 1. The van der Waals surface area contributed by atoms with Crippen molar-refractivity contribution in [3.63, 3.8) is 0 Å². The van der Waals surface area contributed by atoms with Crippen molar-refractivity contribution < 1.29 is 9.90 Å². The smallest absolute Gasteiger partial charge is 0.274 e. The number of carbonyl (C=O) groups is 1. The van der Waals surface area contributed by atoms with Gasteiger partial charge in [-0.25, -0.2) is 15.8 Å². The Balaban J connectivity index is 2.13. The molecule has 4 N–H and O–H groups in total. The second-order valence-corrected chi connectivity index (χ2v) is 3.91. The number of rotatable bonds is 3. The van der Waals surface area contributed by atoms with Crippen LogP contribution < -0.4 is 11.3 Å². The van der Waals surface area contributed by atoms with Gasteiger partial charge in [-0.15, -0.1) is 0 Å². The summed E-state index contributed by atoms with van der Waals surface area (Å²) in [6.45, 7) is 0.643. The number of likely N-dealkylation sites (tertiary alicyclic amines) is 1. The third kappa shape index (κ3) is 2.34. The first kappa shape index (κ1) is 11.7.